The van der Waals surface area contributed by atoms with Gasteiger partial charge < -0.3 is 10.2 Å². The summed E-state index contributed by atoms with van der Waals surface area (Å²) in [5.74, 6) is 0.695. The van der Waals surface area contributed by atoms with E-state index in [1.807, 2.05) is 30.5 Å². The minimum atomic E-state index is -0.0885. The van der Waals surface area contributed by atoms with Gasteiger partial charge in [-0.15, -0.1) is 0 Å². The molecule has 19 heavy (non-hydrogen) atoms. The first-order valence-corrected chi connectivity index (χ1v) is 6.71. The van der Waals surface area contributed by atoms with Crippen molar-refractivity contribution in [2.45, 2.75) is 12.8 Å². The van der Waals surface area contributed by atoms with E-state index in [1.54, 1.807) is 6.20 Å². The van der Waals surface area contributed by atoms with E-state index in [-0.39, 0.29) is 13.2 Å². The Labute approximate surface area is 117 Å². The summed E-state index contributed by atoms with van der Waals surface area (Å²) in [6.07, 6.45) is 5.27. The van der Waals surface area contributed by atoms with Gasteiger partial charge in [-0.05, 0) is 25.0 Å². The van der Waals surface area contributed by atoms with E-state index in [9.17, 15) is 5.11 Å². The van der Waals surface area contributed by atoms with E-state index in [0.29, 0.717) is 15.3 Å². The molecule has 2 N–H and O–H groups in total. The molecule has 0 saturated heterocycles. The van der Waals surface area contributed by atoms with Crippen LogP contribution in [0.25, 0.3) is 0 Å². The van der Waals surface area contributed by atoms with Gasteiger partial charge in [0.05, 0.1) is 12.7 Å². The highest BCUT2D eigenvalue weighted by Gasteiger charge is 2.37. The summed E-state index contributed by atoms with van der Waals surface area (Å²) >= 11 is 5.92. The molecule has 1 aliphatic heterocycles. The summed E-state index contributed by atoms with van der Waals surface area (Å²) in [4.78, 5) is 4.25. The standard InChI is InChI=1S/C14H18ClN2O2/c15-12-3-5-13(6-4-12)17(8-1-2-10-18)9-7-16-14(17)11-19/h3-7,9,18-19H,1-2,8,10-11H2/q+1. The summed E-state index contributed by atoms with van der Waals surface area (Å²) in [5, 5.41) is 19.1. The number of rotatable bonds is 6. The van der Waals surface area contributed by atoms with Gasteiger partial charge in [-0.25, -0.2) is 9.48 Å². The molecule has 4 nitrogen and oxygen atoms in total. The topological polar surface area (TPSA) is 52.8 Å². The number of aliphatic hydroxyl groups excluding tert-OH is 2. The first-order chi connectivity index (χ1) is 9.23. The largest absolute Gasteiger partial charge is 0.396 e. The fourth-order valence-electron chi connectivity index (χ4n) is 2.34. The summed E-state index contributed by atoms with van der Waals surface area (Å²) in [5.41, 5.74) is 1.02. The Morgan fingerprint density at radius 2 is 1.84 bits per heavy atom. The highest BCUT2D eigenvalue weighted by Crippen LogP contribution is 2.30. The van der Waals surface area contributed by atoms with Crippen molar-refractivity contribution in [2.75, 3.05) is 19.8 Å². The van der Waals surface area contributed by atoms with E-state index in [2.05, 4.69) is 4.99 Å². The minimum absolute atomic E-state index is 0.0885. The van der Waals surface area contributed by atoms with Gasteiger partial charge in [-0.2, -0.15) is 0 Å². The Kier molecular flexibility index (Phi) is 4.71. The molecule has 1 unspecified atom stereocenters. The highest BCUT2D eigenvalue weighted by molar-refractivity contribution is 6.30. The zero-order valence-electron chi connectivity index (χ0n) is 10.7. The van der Waals surface area contributed by atoms with Crippen molar-refractivity contribution in [3.63, 3.8) is 0 Å². The molecule has 0 spiro atoms. The number of benzene rings is 1. The summed E-state index contributed by atoms with van der Waals surface area (Å²) in [6.45, 7) is 0.850. The predicted molar refractivity (Wildman–Crippen MR) is 78.1 cm³/mol. The molecule has 0 amide bonds. The number of halogens is 1. The molecule has 0 aromatic heterocycles. The summed E-state index contributed by atoms with van der Waals surface area (Å²) in [7, 11) is 0. The normalized spacial score (nSPS) is 21.7. The molecule has 1 atom stereocenters. The maximum Gasteiger partial charge on any atom is 0.238 e. The first-order valence-electron chi connectivity index (χ1n) is 6.33. The van der Waals surface area contributed by atoms with E-state index in [0.717, 1.165) is 25.1 Å². The average molecular weight is 282 g/mol. The third-order valence-electron chi connectivity index (χ3n) is 3.35. The second-order valence-corrected chi connectivity index (χ2v) is 4.94. The van der Waals surface area contributed by atoms with E-state index < -0.39 is 0 Å². The molecule has 1 aliphatic rings. The van der Waals surface area contributed by atoms with Gasteiger partial charge in [0.15, 0.2) is 0 Å². The van der Waals surface area contributed by atoms with Gasteiger partial charge in [0.2, 0.25) is 5.84 Å². The highest BCUT2D eigenvalue weighted by atomic mass is 35.5. The smallest absolute Gasteiger partial charge is 0.238 e. The lowest BCUT2D eigenvalue weighted by Gasteiger charge is -2.31. The first kappa shape index (κ1) is 14.2. The number of quaternary nitrogens is 1. The number of aliphatic imine (C=N–C) groups is 1. The van der Waals surface area contributed by atoms with Crippen LogP contribution in [0.4, 0.5) is 5.69 Å². The Hall–Kier alpha value is -1.20. The SMILES string of the molecule is OCCCC[N+]1(c2ccc(Cl)cc2)C=CN=C1CO. The van der Waals surface area contributed by atoms with E-state index >= 15 is 0 Å². The van der Waals surface area contributed by atoms with Crippen molar-refractivity contribution in [3.05, 3.63) is 41.7 Å². The van der Waals surface area contributed by atoms with Gasteiger partial charge in [0, 0.05) is 23.8 Å². The Morgan fingerprint density at radius 3 is 2.47 bits per heavy atom. The number of hydrogen-bond acceptors (Lipinski definition) is 3. The molecule has 2 rings (SSSR count). The second kappa shape index (κ2) is 6.30. The maximum absolute atomic E-state index is 9.51. The molecule has 0 fully saturated rings. The quantitative estimate of drug-likeness (QED) is 0.621. The van der Waals surface area contributed by atoms with Crippen LogP contribution in [0.1, 0.15) is 12.8 Å². The molecule has 102 valence electrons. The zero-order chi connectivity index (χ0) is 13.7. The third kappa shape index (κ3) is 2.87. The Bertz CT molecular complexity index is 485. The van der Waals surface area contributed by atoms with Crippen LogP contribution in [0.15, 0.2) is 41.7 Å². The molecule has 1 aromatic carbocycles. The van der Waals surface area contributed by atoms with Crippen molar-refractivity contribution < 1.29 is 10.2 Å². The lowest BCUT2D eigenvalue weighted by Crippen LogP contribution is -2.50. The van der Waals surface area contributed by atoms with Gasteiger partial charge in [-0.1, -0.05) is 11.6 Å². The van der Waals surface area contributed by atoms with Gasteiger partial charge in [0.25, 0.3) is 0 Å². The van der Waals surface area contributed by atoms with Crippen molar-refractivity contribution in [1.82, 2.24) is 4.48 Å². The monoisotopic (exact) mass is 281 g/mol. The van der Waals surface area contributed by atoms with Gasteiger partial charge in [0.1, 0.15) is 18.5 Å². The van der Waals surface area contributed by atoms with Crippen LogP contribution < -0.4 is 4.48 Å². The number of aliphatic hydroxyl groups is 2. The molecule has 0 aliphatic carbocycles. The van der Waals surface area contributed by atoms with Crippen molar-refractivity contribution in [3.8, 4) is 0 Å². The van der Waals surface area contributed by atoms with Gasteiger partial charge >= 0.3 is 0 Å². The van der Waals surface area contributed by atoms with Gasteiger partial charge in [-0.3, -0.25) is 0 Å². The number of unbranched alkanes of at least 4 members (excludes halogenated alkanes) is 1. The molecule has 1 heterocycles. The summed E-state index contributed by atoms with van der Waals surface area (Å²) < 4.78 is 0.410. The lowest BCUT2D eigenvalue weighted by molar-refractivity contribution is 0.279. The van der Waals surface area contributed by atoms with Crippen LogP contribution in [0, 0.1) is 0 Å². The molecular weight excluding hydrogens is 264 g/mol. The molecule has 1 aromatic rings. The lowest BCUT2D eigenvalue weighted by atomic mass is 10.2. The second-order valence-electron chi connectivity index (χ2n) is 4.50. The number of hydrogen-bond donors (Lipinski definition) is 2. The molecule has 0 saturated carbocycles. The van der Waals surface area contributed by atoms with E-state index in [4.69, 9.17) is 16.7 Å². The van der Waals surface area contributed by atoms with Crippen LogP contribution in [-0.4, -0.2) is 35.8 Å². The van der Waals surface area contributed by atoms with Crippen LogP contribution in [0.2, 0.25) is 5.02 Å². The Morgan fingerprint density at radius 1 is 1.11 bits per heavy atom. The average Bonchev–Trinajstić information content (AvgIpc) is 2.84. The molecular formula is C14H18ClN2O2+. The summed E-state index contributed by atoms with van der Waals surface area (Å²) in [6, 6.07) is 7.57. The maximum atomic E-state index is 9.51. The molecule has 0 radical (unpaired) electrons. The van der Waals surface area contributed by atoms with Crippen LogP contribution >= 0.6 is 11.6 Å². The fourth-order valence-corrected chi connectivity index (χ4v) is 2.46. The Balaban J connectivity index is 2.32. The number of amidine groups is 1. The van der Waals surface area contributed by atoms with Crippen LogP contribution in [-0.2, 0) is 0 Å². The molecule has 0 bridgehead atoms. The molecule has 5 heteroatoms. The van der Waals surface area contributed by atoms with Crippen molar-refractivity contribution >= 4 is 23.1 Å². The predicted octanol–water partition coefficient (Wildman–Crippen LogP) is 2.30. The van der Waals surface area contributed by atoms with Crippen LogP contribution in [0.3, 0.4) is 0 Å². The third-order valence-corrected chi connectivity index (χ3v) is 3.61. The fraction of sp³-hybridized carbons (Fsp3) is 0.357. The van der Waals surface area contributed by atoms with Crippen molar-refractivity contribution in [2.24, 2.45) is 4.99 Å². The van der Waals surface area contributed by atoms with Crippen molar-refractivity contribution in [1.29, 1.82) is 0 Å². The number of nitrogens with zero attached hydrogens (tertiary/aromatic N) is 2. The zero-order valence-corrected chi connectivity index (χ0v) is 11.4. The minimum Gasteiger partial charge on any atom is -0.396 e. The van der Waals surface area contributed by atoms with Crippen LogP contribution in [0.5, 0.6) is 0 Å². The van der Waals surface area contributed by atoms with E-state index in [1.165, 1.54) is 0 Å².